The van der Waals surface area contributed by atoms with Crippen LogP contribution < -0.4 is 5.32 Å². The van der Waals surface area contributed by atoms with Crippen LogP contribution in [0.15, 0.2) is 24.3 Å². The average Bonchev–Trinajstić information content (AvgIpc) is 2.39. The number of benzene rings is 1. The zero-order chi connectivity index (χ0) is 12.1. The molecule has 2 unspecified atom stereocenters. The van der Waals surface area contributed by atoms with Gasteiger partial charge in [0.15, 0.2) is 0 Å². The third kappa shape index (κ3) is 3.44. The predicted molar refractivity (Wildman–Crippen MR) is 71.6 cm³/mol. The van der Waals surface area contributed by atoms with Crippen LogP contribution in [-0.4, -0.2) is 25.6 Å². The molecule has 0 amide bonds. The first kappa shape index (κ1) is 12.9. The van der Waals surface area contributed by atoms with Gasteiger partial charge < -0.3 is 10.1 Å². The van der Waals surface area contributed by atoms with E-state index in [4.69, 9.17) is 16.3 Å². The minimum absolute atomic E-state index is 0.197. The Balaban J connectivity index is 1.90. The quantitative estimate of drug-likeness (QED) is 0.815. The van der Waals surface area contributed by atoms with Crippen LogP contribution in [0.4, 0.5) is 0 Å². The fourth-order valence-electron chi connectivity index (χ4n) is 2.16. The molecule has 0 aromatic heterocycles. The molecule has 17 heavy (non-hydrogen) atoms. The molecule has 1 heterocycles. The summed E-state index contributed by atoms with van der Waals surface area (Å²) in [6, 6.07) is 8.56. The van der Waals surface area contributed by atoms with Gasteiger partial charge in [-0.2, -0.15) is 0 Å². The maximum atomic E-state index is 5.82. The van der Waals surface area contributed by atoms with E-state index in [-0.39, 0.29) is 6.10 Å². The summed E-state index contributed by atoms with van der Waals surface area (Å²) < 4.78 is 5.82. The molecule has 0 radical (unpaired) electrons. The van der Waals surface area contributed by atoms with Crippen LogP contribution in [-0.2, 0) is 11.2 Å². The van der Waals surface area contributed by atoms with E-state index in [0.717, 1.165) is 26.1 Å². The second kappa shape index (κ2) is 6.39. The lowest BCUT2D eigenvalue weighted by atomic mass is 9.97. The number of fused-ring (bicyclic) bond motifs is 1. The van der Waals surface area contributed by atoms with E-state index < -0.39 is 0 Å². The Hall–Kier alpha value is -0.570. The highest BCUT2D eigenvalue weighted by molar-refractivity contribution is 6.18. The Morgan fingerprint density at radius 1 is 1.47 bits per heavy atom. The molecule has 0 fully saturated rings. The number of rotatable bonds is 5. The van der Waals surface area contributed by atoms with E-state index in [1.54, 1.807) is 0 Å². The van der Waals surface area contributed by atoms with Crippen LogP contribution in [0.2, 0.25) is 0 Å². The third-order valence-corrected chi connectivity index (χ3v) is 3.71. The first-order chi connectivity index (χ1) is 8.31. The second-order valence-corrected chi connectivity index (χ2v) is 5.03. The SMILES string of the molecule is CC(CCl)CNCC1OCCc2ccccc21. The van der Waals surface area contributed by atoms with Crippen molar-refractivity contribution in [2.75, 3.05) is 25.6 Å². The Kier molecular flexibility index (Phi) is 4.84. The monoisotopic (exact) mass is 253 g/mol. The normalized spacial score (nSPS) is 20.9. The first-order valence-electron chi connectivity index (χ1n) is 6.27. The van der Waals surface area contributed by atoms with Crippen molar-refractivity contribution >= 4 is 11.6 Å². The highest BCUT2D eigenvalue weighted by Gasteiger charge is 2.19. The van der Waals surface area contributed by atoms with E-state index in [9.17, 15) is 0 Å². The summed E-state index contributed by atoms with van der Waals surface area (Å²) in [7, 11) is 0. The molecule has 3 heteroatoms. The lowest BCUT2D eigenvalue weighted by molar-refractivity contribution is 0.0422. The second-order valence-electron chi connectivity index (χ2n) is 4.73. The standard InChI is InChI=1S/C14H20ClNO/c1-11(8-15)9-16-10-14-13-5-3-2-4-12(13)6-7-17-14/h2-5,11,14,16H,6-10H2,1H3. The van der Waals surface area contributed by atoms with Crippen LogP contribution in [0, 0.1) is 5.92 Å². The van der Waals surface area contributed by atoms with Crippen molar-refractivity contribution in [2.45, 2.75) is 19.4 Å². The zero-order valence-corrected chi connectivity index (χ0v) is 11.0. The fraction of sp³-hybridized carbons (Fsp3) is 0.571. The molecule has 0 bridgehead atoms. The van der Waals surface area contributed by atoms with E-state index >= 15 is 0 Å². The number of hydrogen-bond acceptors (Lipinski definition) is 2. The molecule has 2 rings (SSSR count). The van der Waals surface area contributed by atoms with Crippen molar-refractivity contribution in [1.29, 1.82) is 0 Å². The van der Waals surface area contributed by atoms with Crippen molar-refractivity contribution in [3.63, 3.8) is 0 Å². The van der Waals surface area contributed by atoms with E-state index in [0.29, 0.717) is 11.8 Å². The molecule has 0 aliphatic carbocycles. The lowest BCUT2D eigenvalue weighted by Gasteiger charge is -2.26. The summed E-state index contributed by atoms with van der Waals surface area (Å²) in [6.45, 7) is 4.80. The van der Waals surface area contributed by atoms with Gasteiger partial charge in [0.1, 0.15) is 0 Å². The number of ether oxygens (including phenoxy) is 1. The van der Waals surface area contributed by atoms with Gasteiger partial charge in [-0.3, -0.25) is 0 Å². The Bertz CT molecular complexity index is 356. The van der Waals surface area contributed by atoms with E-state index in [2.05, 4.69) is 36.5 Å². The van der Waals surface area contributed by atoms with Gasteiger partial charge in [0, 0.05) is 12.4 Å². The van der Waals surface area contributed by atoms with Crippen LogP contribution in [0.25, 0.3) is 0 Å². The molecule has 0 saturated carbocycles. The van der Waals surface area contributed by atoms with Crippen molar-refractivity contribution in [3.8, 4) is 0 Å². The van der Waals surface area contributed by atoms with Crippen LogP contribution in [0.3, 0.4) is 0 Å². The summed E-state index contributed by atoms with van der Waals surface area (Å²) in [5.74, 6) is 1.21. The maximum absolute atomic E-state index is 5.82. The van der Waals surface area contributed by atoms with Gasteiger partial charge in [-0.1, -0.05) is 31.2 Å². The Morgan fingerprint density at radius 3 is 3.12 bits per heavy atom. The van der Waals surface area contributed by atoms with E-state index in [1.165, 1.54) is 11.1 Å². The fourth-order valence-corrected chi connectivity index (χ4v) is 2.27. The smallest absolute Gasteiger partial charge is 0.0952 e. The molecule has 0 saturated heterocycles. The molecule has 1 aromatic carbocycles. The molecule has 0 spiro atoms. The van der Waals surface area contributed by atoms with Gasteiger partial charge >= 0.3 is 0 Å². The number of hydrogen-bond donors (Lipinski definition) is 1. The van der Waals surface area contributed by atoms with Crippen molar-refractivity contribution in [3.05, 3.63) is 35.4 Å². The number of alkyl halides is 1. The van der Waals surface area contributed by atoms with Crippen LogP contribution >= 0.6 is 11.6 Å². The molecule has 1 aliphatic heterocycles. The molecule has 2 atom stereocenters. The molecule has 1 aliphatic rings. The Morgan fingerprint density at radius 2 is 2.29 bits per heavy atom. The largest absolute Gasteiger partial charge is 0.372 e. The van der Waals surface area contributed by atoms with Crippen molar-refractivity contribution < 1.29 is 4.74 Å². The van der Waals surface area contributed by atoms with E-state index in [1.807, 2.05) is 0 Å². The highest BCUT2D eigenvalue weighted by Crippen LogP contribution is 2.26. The molecule has 2 nitrogen and oxygen atoms in total. The van der Waals surface area contributed by atoms with Gasteiger partial charge in [-0.25, -0.2) is 0 Å². The summed E-state index contributed by atoms with van der Waals surface area (Å²) in [4.78, 5) is 0. The van der Waals surface area contributed by atoms with Gasteiger partial charge in [-0.15, -0.1) is 11.6 Å². The van der Waals surface area contributed by atoms with Gasteiger partial charge in [-0.05, 0) is 30.0 Å². The minimum atomic E-state index is 0.197. The average molecular weight is 254 g/mol. The molecular formula is C14H20ClNO. The molecular weight excluding hydrogens is 234 g/mol. The zero-order valence-electron chi connectivity index (χ0n) is 10.3. The van der Waals surface area contributed by atoms with Crippen molar-refractivity contribution in [2.24, 2.45) is 5.92 Å². The predicted octanol–water partition coefficient (Wildman–Crippen LogP) is 2.76. The van der Waals surface area contributed by atoms with Gasteiger partial charge in [0.05, 0.1) is 12.7 Å². The van der Waals surface area contributed by atoms with Crippen LogP contribution in [0.5, 0.6) is 0 Å². The highest BCUT2D eigenvalue weighted by atomic mass is 35.5. The van der Waals surface area contributed by atoms with Gasteiger partial charge in [0.2, 0.25) is 0 Å². The topological polar surface area (TPSA) is 21.3 Å². The lowest BCUT2D eigenvalue weighted by Crippen LogP contribution is -2.30. The molecule has 1 N–H and O–H groups in total. The summed E-state index contributed by atoms with van der Waals surface area (Å²) in [5, 5.41) is 3.44. The first-order valence-corrected chi connectivity index (χ1v) is 6.80. The van der Waals surface area contributed by atoms with Gasteiger partial charge in [0.25, 0.3) is 0 Å². The number of halogens is 1. The molecule has 94 valence electrons. The summed E-state index contributed by atoms with van der Waals surface area (Å²) in [5.41, 5.74) is 2.76. The number of nitrogens with one attached hydrogen (secondary N) is 1. The van der Waals surface area contributed by atoms with Crippen LogP contribution in [0.1, 0.15) is 24.2 Å². The summed E-state index contributed by atoms with van der Waals surface area (Å²) in [6.07, 6.45) is 1.23. The minimum Gasteiger partial charge on any atom is -0.372 e. The maximum Gasteiger partial charge on any atom is 0.0952 e. The third-order valence-electron chi connectivity index (χ3n) is 3.18. The van der Waals surface area contributed by atoms with Crippen molar-refractivity contribution in [1.82, 2.24) is 5.32 Å². The summed E-state index contributed by atoms with van der Waals surface area (Å²) >= 11 is 5.78. The Labute approximate surface area is 108 Å². The molecule has 1 aromatic rings.